The van der Waals surface area contributed by atoms with Gasteiger partial charge in [-0.15, -0.1) is 0 Å². The van der Waals surface area contributed by atoms with Crippen molar-refractivity contribution in [1.29, 1.82) is 0 Å². The van der Waals surface area contributed by atoms with Gasteiger partial charge in [-0.3, -0.25) is 4.98 Å². The molecule has 2 rings (SSSR count). The van der Waals surface area contributed by atoms with Crippen LogP contribution in [0.1, 0.15) is 25.2 Å². The van der Waals surface area contributed by atoms with Gasteiger partial charge >= 0.3 is 0 Å². The van der Waals surface area contributed by atoms with Crippen LogP contribution in [-0.2, 0) is 5.41 Å². The zero-order chi connectivity index (χ0) is 10.6. The van der Waals surface area contributed by atoms with Gasteiger partial charge < -0.3 is 10.4 Å². The minimum absolute atomic E-state index is 0.575. The van der Waals surface area contributed by atoms with Crippen LogP contribution in [0, 0.1) is 6.92 Å². The van der Waals surface area contributed by atoms with Crippen LogP contribution in [0.2, 0.25) is 0 Å². The Kier molecular flexibility index (Phi) is 1.71. The minimum Gasteiger partial charge on any atom is -0.380 e. The van der Waals surface area contributed by atoms with E-state index in [9.17, 15) is 5.11 Å². The Bertz CT molecular complexity index is 388. The molecule has 1 aliphatic rings. The van der Waals surface area contributed by atoms with E-state index in [2.05, 4.69) is 10.3 Å². The van der Waals surface area contributed by atoms with Crippen molar-refractivity contribution in [2.75, 3.05) is 5.32 Å². The van der Waals surface area contributed by atoms with E-state index in [1.54, 1.807) is 0 Å². The average Bonchev–Trinajstić information content (AvgIpc) is 2.22. The van der Waals surface area contributed by atoms with Gasteiger partial charge in [0.05, 0.1) is 17.0 Å². The van der Waals surface area contributed by atoms with Gasteiger partial charge in [-0.2, -0.15) is 0 Å². The van der Waals surface area contributed by atoms with E-state index in [1.165, 1.54) is 0 Å². The van der Waals surface area contributed by atoms with Crippen molar-refractivity contribution in [1.82, 2.24) is 4.98 Å². The van der Waals surface area contributed by atoms with Crippen LogP contribution in [0.4, 0.5) is 5.69 Å². The van der Waals surface area contributed by atoms with Crippen molar-refractivity contribution in [3.8, 4) is 0 Å². The quantitative estimate of drug-likeness (QED) is 0.594. The number of hydrogen-bond donors (Lipinski definition) is 2. The molecule has 72 valence electrons. The topological polar surface area (TPSA) is 45.1 Å². The lowest BCUT2D eigenvalue weighted by molar-refractivity contribution is 0.0910. The fourth-order valence-electron chi connectivity index (χ4n) is 1.68. The summed E-state index contributed by atoms with van der Waals surface area (Å²) in [5, 5.41) is 12.8. The highest BCUT2D eigenvalue weighted by Crippen LogP contribution is 2.43. The number of fused-ring (bicyclic) bond motifs is 1. The van der Waals surface area contributed by atoms with Crippen LogP contribution in [0.25, 0.3) is 0 Å². The molecule has 0 fully saturated rings. The molecule has 2 N–H and O–H groups in total. The first-order valence-electron chi connectivity index (χ1n) is 4.62. The van der Waals surface area contributed by atoms with Crippen molar-refractivity contribution < 1.29 is 5.11 Å². The standard InChI is InChI=1S/C10H13BN2O/c1-6-4-5-7-8(12-6)9(2,3)10(11,14)13-7/h4-5,13-14H,1-3H3. The number of rotatable bonds is 0. The van der Waals surface area contributed by atoms with Crippen molar-refractivity contribution in [3.63, 3.8) is 0 Å². The highest BCUT2D eigenvalue weighted by atomic mass is 16.3. The first kappa shape index (κ1) is 9.53. The normalized spacial score (nSPS) is 28.3. The number of nitrogens with one attached hydrogen (secondary N) is 1. The number of pyridine rings is 1. The number of aliphatic hydroxyl groups is 1. The minimum atomic E-state index is -1.42. The van der Waals surface area contributed by atoms with Gasteiger partial charge in [-0.25, -0.2) is 0 Å². The van der Waals surface area contributed by atoms with E-state index in [-0.39, 0.29) is 0 Å². The van der Waals surface area contributed by atoms with Crippen LogP contribution >= 0.6 is 0 Å². The maximum Gasteiger partial charge on any atom is 0.145 e. The summed E-state index contributed by atoms with van der Waals surface area (Å²) in [5.41, 5.74) is 0.564. The number of aryl methyl sites for hydroxylation is 1. The predicted molar refractivity (Wildman–Crippen MR) is 56.3 cm³/mol. The third-order valence-corrected chi connectivity index (χ3v) is 2.90. The average molecular weight is 188 g/mol. The highest BCUT2D eigenvalue weighted by Gasteiger charge is 2.48. The summed E-state index contributed by atoms with van der Waals surface area (Å²) >= 11 is 0. The summed E-state index contributed by atoms with van der Waals surface area (Å²) in [6.45, 7) is 5.67. The molecule has 0 amide bonds. The molecule has 0 aromatic carbocycles. The number of hydrogen-bond acceptors (Lipinski definition) is 3. The Morgan fingerprint density at radius 1 is 1.43 bits per heavy atom. The highest BCUT2D eigenvalue weighted by molar-refractivity contribution is 6.17. The SMILES string of the molecule is [B]C1(O)Nc2ccc(C)nc2C1(C)C. The first-order valence-corrected chi connectivity index (χ1v) is 4.62. The molecule has 3 nitrogen and oxygen atoms in total. The van der Waals surface area contributed by atoms with Crippen LogP contribution in [0.15, 0.2) is 12.1 Å². The summed E-state index contributed by atoms with van der Waals surface area (Å²) < 4.78 is 0. The summed E-state index contributed by atoms with van der Waals surface area (Å²) in [5.74, 6) is 0. The third kappa shape index (κ3) is 1.07. The fraction of sp³-hybridized carbons (Fsp3) is 0.500. The Morgan fingerprint density at radius 2 is 2.07 bits per heavy atom. The molecule has 1 atom stereocenters. The second kappa shape index (κ2) is 2.51. The molecule has 14 heavy (non-hydrogen) atoms. The zero-order valence-corrected chi connectivity index (χ0v) is 8.63. The lowest BCUT2D eigenvalue weighted by atomic mass is 9.70. The first-order chi connectivity index (χ1) is 6.34. The van der Waals surface area contributed by atoms with Crippen LogP contribution in [-0.4, -0.2) is 23.6 Å². The molecule has 4 heteroatoms. The Labute approximate surface area is 85.0 Å². The van der Waals surface area contributed by atoms with E-state index in [0.29, 0.717) is 0 Å². The molecule has 1 unspecified atom stereocenters. The second-order valence-electron chi connectivity index (χ2n) is 4.37. The van der Waals surface area contributed by atoms with Crippen molar-refractivity contribution in [2.45, 2.75) is 31.8 Å². The molecular weight excluding hydrogens is 175 g/mol. The van der Waals surface area contributed by atoms with Gasteiger partial charge in [0.25, 0.3) is 0 Å². The number of nitrogens with zero attached hydrogens (tertiary/aromatic N) is 1. The molecule has 1 aromatic heterocycles. The van der Waals surface area contributed by atoms with Crippen LogP contribution in [0.5, 0.6) is 0 Å². The van der Waals surface area contributed by atoms with Crippen molar-refractivity contribution >= 4 is 13.5 Å². The van der Waals surface area contributed by atoms with E-state index in [1.807, 2.05) is 32.9 Å². The van der Waals surface area contributed by atoms with Crippen LogP contribution < -0.4 is 5.32 Å². The Hall–Kier alpha value is -1.03. The monoisotopic (exact) mass is 188 g/mol. The number of anilines is 1. The molecule has 1 aliphatic heterocycles. The van der Waals surface area contributed by atoms with Gasteiger partial charge in [0, 0.05) is 11.1 Å². The van der Waals surface area contributed by atoms with Gasteiger partial charge in [0.15, 0.2) is 0 Å². The lowest BCUT2D eigenvalue weighted by Crippen LogP contribution is -2.49. The molecule has 2 heterocycles. The molecule has 1 aromatic rings. The molecule has 0 aliphatic carbocycles. The zero-order valence-electron chi connectivity index (χ0n) is 8.63. The van der Waals surface area contributed by atoms with Gasteiger partial charge in [-0.1, -0.05) is 13.8 Å². The summed E-state index contributed by atoms with van der Waals surface area (Å²) in [6.07, 6.45) is 0. The number of aromatic nitrogens is 1. The Balaban J connectivity index is 2.62. The Morgan fingerprint density at radius 3 is 2.71 bits per heavy atom. The summed E-state index contributed by atoms with van der Waals surface area (Å²) in [6, 6.07) is 3.79. The summed E-state index contributed by atoms with van der Waals surface area (Å²) in [4.78, 5) is 4.40. The van der Waals surface area contributed by atoms with E-state index < -0.39 is 11.0 Å². The van der Waals surface area contributed by atoms with Gasteiger partial charge in [0.2, 0.25) is 0 Å². The molecule has 0 spiro atoms. The van der Waals surface area contributed by atoms with E-state index >= 15 is 0 Å². The van der Waals surface area contributed by atoms with Gasteiger partial charge in [-0.05, 0) is 19.1 Å². The van der Waals surface area contributed by atoms with Crippen LogP contribution in [0.3, 0.4) is 0 Å². The fourth-order valence-corrected chi connectivity index (χ4v) is 1.68. The predicted octanol–water partition coefficient (Wildman–Crippen LogP) is 0.908. The largest absolute Gasteiger partial charge is 0.380 e. The maximum absolute atomic E-state index is 9.96. The van der Waals surface area contributed by atoms with Gasteiger partial charge in [0.1, 0.15) is 7.85 Å². The van der Waals surface area contributed by atoms with Crippen molar-refractivity contribution in [3.05, 3.63) is 23.5 Å². The molecule has 2 radical (unpaired) electrons. The molecule has 0 saturated heterocycles. The molecular formula is C10H13BN2O. The molecule has 0 bridgehead atoms. The molecule has 0 saturated carbocycles. The van der Waals surface area contributed by atoms with Crippen molar-refractivity contribution in [2.24, 2.45) is 0 Å². The summed E-state index contributed by atoms with van der Waals surface area (Å²) in [7, 11) is 5.76. The smallest absolute Gasteiger partial charge is 0.145 e. The second-order valence-corrected chi connectivity index (χ2v) is 4.37. The third-order valence-electron chi connectivity index (χ3n) is 2.90. The van der Waals surface area contributed by atoms with E-state index in [0.717, 1.165) is 17.1 Å². The maximum atomic E-state index is 9.96. The lowest BCUT2D eigenvalue weighted by Gasteiger charge is -2.33. The van der Waals surface area contributed by atoms with E-state index in [4.69, 9.17) is 7.85 Å².